The molecule has 0 bridgehead atoms. The molecule has 0 fully saturated rings. The molecular formula is C16H27NS. The second kappa shape index (κ2) is 8.60. The number of rotatable bonds is 8. The Morgan fingerprint density at radius 3 is 2.61 bits per heavy atom. The molecule has 1 aromatic rings. The van der Waals surface area contributed by atoms with E-state index in [1.165, 1.54) is 29.7 Å². The van der Waals surface area contributed by atoms with Crippen LogP contribution in [0.3, 0.4) is 0 Å². The summed E-state index contributed by atoms with van der Waals surface area (Å²) in [6, 6.07) is 9.41. The molecule has 0 aliphatic rings. The lowest BCUT2D eigenvalue weighted by atomic mass is 10.0. The van der Waals surface area contributed by atoms with Crippen molar-refractivity contribution in [1.82, 2.24) is 5.32 Å². The molecule has 102 valence electrons. The molecule has 1 atom stereocenters. The Morgan fingerprint density at radius 2 is 2.00 bits per heavy atom. The number of benzene rings is 1. The summed E-state index contributed by atoms with van der Waals surface area (Å²) >= 11 is 1.96. The number of hydrogen-bond donors (Lipinski definition) is 1. The molecular weight excluding hydrogens is 238 g/mol. The third kappa shape index (κ3) is 6.46. The first-order valence-corrected chi connectivity index (χ1v) is 7.97. The van der Waals surface area contributed by atoms with E-state index in [-0.39, 0.29) is 0 Å². The summed E-state index contributed by atoms with van der Waals surface area (Å²) < 4.78 is 0. The summed E-state index contributed by atoms with van der Waals surface area (Å²) in [6.45, 7) is 6.76. The van der Waals surface area contributed by atoms with Crippen molar-refractivity contribution in [2.75, 3.05) is 12.8 Å². The van der Waals surface area contributed by atoms with Crippen LogP contribution in [0.5, 0.6) is 0 Å². The molecule has 0 saturated heterocycles. The first-order valence-electron chi connectivity index (χ1n) is 6.98. The third-order valence-corrected chi connectivity index (χ3v) is 4.34. The maximum Gasteiger partial charge on any atom is 0.0158 e. The van der Waals surface area contributed by atoms with Gasteiger partial charge < -0.3 is 5.32 Å². The summed E-state index contributed by atoms with van der Waals surface area (Å²) in [6.07, 6.45) is 3.96. The van der Waals surface area contributed by atoms with E-state index >= 15 is 0 Å². The van der Waals surface area contributed by atoms with Gasteiger partial charge in [-0.15, -0.1) is 11.8 Å². The van der Waals surface area contributed by atoms with Crippen molar-refractivity contribution >= 4 is 11.8 Å². The first-order chi connectivity index (χ1) is 8.61. The van der Waals surface area contributed by atoms with Gasteiger partial charge in [0.05, 0.1) is 0 Å². The molecule has 1 rings (SSSR count). The van der Waals surface area contributed by atoms with Crippen molar-refractivity contribution in [1.29, 1.82) is 0 Å². The largest absolute Gasteiger partial charge is 0.316 e. The van der Waals surface area contributed by atoms with Gasteiger partial charge in [0.25, 0.3) is 0 Å². The summed E-state index contributed by atoms with van der Waals surface area (Å²) in [5, 5.41) is 3.44. The standard InChI is InChI=1S/C16H27NS/c1-13(2)7-5-9-15(17-4)12-18-16-10-6-8-14(3)11-16/h6,8,10-11,13,15,17H,5,7,9,12H2,1-4H3. The van der Waals surface area contributed by atoms with E-state index in [0.29, 0.717) is 6.04 Å². The molecule has 1 unspecified atom stereocenters. The van der Waals surface area contributed by atoms with Crippen LogP contribution in [-0.2, 0) is 0 Å². The molecule has 18 heavy (non-hydrogen) atoms. The molecule has 0 aliphatic heterocycles. The van der Waals surface area contributed by atoms with Crippen LogP contribution in [0, 0.1) is 12.8 Å². The van der Waals surface area contributed by atoms with Gasteiger partial charge >= 0.3 is 0 Å². The zero-order valence-electron chi connectivity index (χ0n) is 12.2. The molecule has 0 saturated carbocycles. The van der Waals surface area contributed by atoms with Crippen molar-refractivity contribution in [3.8, 4) is 0 Å². The molecule has 0 radical (unpaired) electrons. The summed E-state index contributed by atoms with van der Waals surface area (Å²) in [4.78, 5) is 1.39. The maximum atomic E-state index is 3.44. The van der Waals surface area contributed by atoms with Gasteiger partial charge in [-0.3, -0.25) is 0 Å². The monoisotopic (exact) mass is 265 g/mol. The van der Waals surface area contributed by atoms with Crippen LogP contribution < -0.4 is 5.32 Å². The number of thioether (sulfide) groups is 1. The molecule has 0 spiro atoms. The highest BCUT2D eigenvalue weighted by Crippen LogP contribution is 2.21. The van der Waals surface area contributed by atoms with E-state index in [4.69, 9.17) is 0 Å². The van der Waals surface area contributed by atoms with E-state index in [1.54, 1.807) is 0 Å². The minimum absolute atomic E-state index is 0.634. The van der Waals surface area contributed by atoms with Crippen molar-refractivity contribution in [2.45, 2.75) is 51.0 Å². The van der Waals surface area contributed by atoms with Crippen LogP contribution in [0.4, 0.5) is 0 Å². The van der Waals surface area contributed by atoms with Crippen molar-refractivity contribution in [3.63, 3.8) is 0 Å². The normalized spacial score (nSPS) is 12.9. The Bertz CT molecular complexity index is 336. The average Bonchev–Trinajstić information content (AvgIpc) is 2.33. The minimum atomic E-state index is 0.634. The number of nitrogens with one attached hydrogen (secondary N) is 1. The van der Waals surface area contributed by atoms with Crippen molar-refractivity contribution < 1.29 is 0 Å². The third-order valence-electron chi connectivity index (χ3n) is 3.18. The lowest BCUT2D eigenvalue weighted by Gasteiger charge is -2.16. The fraction of sp³-hybridized carbons (Fsp3) is 0.625. The van der Waals surface area contributed by atoms with Gasteiger partial charge in [-0.05, 0) is 38.4 Å². The summed E-state index contributed by atoms with van der Waals surface area (Å²) in [5.74, 6) is 1.99. The van der Waals surface area contributed by atoms with Gasteiger partial charge in [-0.2, -0.15) is 0 Å². The Hall–Kier alpha value is -0.470. The van der Waals surface area contributed by atoms with E-state index in [9.17, 15) is 0 Å². The smallest absolute Gasteiger partial charge is 0.0158 e. The average molecular weight is 265 g/mol. The number of aryl methyl sites for hydroxylation is 1. The Balaban J connectivity index is 2.30. The van der Waals surface area contributed by atoms with Crippen LogP contribution in [0.15, 0.2) is 29.2 Å². The number of hydrogen-bond acceptors (Lipinski definition) is 2. The molecule has 0 aromatic heterocycles. The van der Waals surface area contributed by atoms with Gasteiger partial charge in [0.15, 0.2) is 0 Å². The molecule has 1 aromatic carbocycles. The van der Waals surface area contributed by atoms with Crippen molar-refractivity contribution in [2.24, 2.45) is 5.92 Å². The predicted octanol–water partition coefficient (Wildman–Crippen LogP) is 4.50. The highest BCUT2D eigenvalue weighted by Gasteiger charge is 2.07. The SMILES string of the molecule is CNC(CCCC(C)C)CSc1cccc(C)c1. The highest BCUT2D eigenvalue weighted by molar-refractivity contribution is 7.99. The van der Waals surface area contributed by atoms with Crippen LogP contribution in [0.25, 0.3) is 0 Å². The molecule has 1 N–H and O–H groups in total. The molecule has 2 heteroatoms. The van der Waals surface area contributed by atoms with Gasteiger partial charge in [0.1, 0.15) is 0 Å². The molecule has 1 nitrogen and oxygen atoms in total. The topological polar surface area (TPSA) is 12.0 Å². The predicted molar refractivity (Wildman–Crippen MR) is 83.4 cm³/mol. The van der Waals surface area contributed by atoms with Crippen molar-refractivity contribution in [3.05, 3.63) is 29.8 Å². The second-order valence-electron chi connectivity index (χ2n) is 5.44. The Kier molecular flexibility index (Phi) is 7.45. The first kappa shape index (κ1) is 15.6. The van der Waals surface area contributed by atoms with Gasteiger partial charge in [-0.25, -0.2) is 0 Å². The van der Waals surface area contributed by atoms with Crippen LogP contribution in [0.1, 0.15) is 38.7 Å². The zero-order chi connectivity index (χ0) is 13.4. The van der Waals surface area contributed by atoms with Crippen LogP contribution in [0.2, 0.25) is 0 Å². The molecule has 0 amide bonds. The quantitative estimate of drug-likeness (QED) is 0.694. The zero-order valence-corrected chi connectivity index (χ0v) is 13.0. The molecule has 0 aliphatic carbocycles. The minimum Gasteiger partial charge on any atom is -0.316 e. The van der Waals surface area contributed by atoms with Crippen LogP contribution >= 0.6 is 11.8 Å². The fourth-order valence-corrected chi connectivity index (χ4v) is 3.16. The Morgan fingerprint density at radius 1 is 1.22 bits per heavy atom. The second-order valence-corrected chi connectivity index (χ2v) is 6.53. The molecule has 0 heterocycles. The van der Waals surface area contributed by atoms with Gasteiger partial charge in [0, 0.05) is 16.7 Å². The lowest BCUT2D eigenvalue weighted by molar-refractivity contribution is 0.483. The van der Waals surface area contributed by atoms with E-state index in [1.807, 2.05) is 11.8 Å². The summed E-state index contributed by atoms with van der Waals surface area (Å²) in [5.41, 5.74) is 1.35. The van der Waals surface area contributed by atoms with E-state index in [2.05, 4.69) is 57.4 Å². The van der Waals surface area contributed by atoms with E-state index < -0.39 is 0 Å². The van der Waals surface area contributed by atoms with Gasteiger partial charge in [-0.1, -0.05) is 44.4 Å². The van der Waals surface area contributed by atoms with E-state index in [0.717, 1.165) is 11.7 Å². The fourth-order valence-electron chi connectivity index (χ4n) is 1.99. The lowest BCUT2D eigenvalue weighted by Crippen LogP contribution is -2.27. The maximum absolute atomic E-state index is 3.44. The van der Waals surface area contributed by atoms with Gasteiger partial charge in [0.2, 0.25) is 0 Å². The summed E-state index contributed by atoms with van der Waals surface area (Å²) in [7, 11) is 2.08. The Labute approximate surface area is 117 Å². The highest BCUT2D eigenvalue weighted by atomic mass is 32.2. The van der Waals surface area contributed by atoms with Crippen LogP contribution in [-0.4, -0.2) is 18.8 Å².